The molecule has 0 unspecified atom stereocenters. The minimum Gasteiger partial charge on any atom is -0.369 e. The van der Waals surface area contributed by atoms with Crippen LogP contribution in [0.15, 0.2) is 23.3 Å². The van der Waals surface area contributed by atoms with Crippen LogP contribution >= 0.6 is 0 Å². The molecule has 2 nitrogen and oxygen atoms in total. The summed E-state index contributed by atoms with van der Waals surface area (Å²) in [5, 5.41) is 0. The summed E-state index contributed by atoms with van der Waals surface area (Å²) in [5.74, 6) is -0.259. The highest BCUT2D eigenvalue weighted by Crippen LogP contribution is 2.24. The fourth-order valence-electron chi connectivity index (χ4n) is 1.02. The second-order valence-electron chi connectivity index (χ2n) is 4.92. The van der Waals surface area contributed by atoms with Gasteiger partial charge in [-0.1, -0.05) is 51.0 Å². The van der Waals surface area contributed by atoms with Crippen LogP contribution in [0.5, 0.6) is 0 Å². The van der Waals surface area contributed by atoms with E-state index in [1.165, 1.54) is 5.57 Å². The largest absolute Gasteiger partial charge is 0.369 e. The molecule has 0 heterocycles. The summed E-state index contributed by atoms with van der Waals surface area (Å²) in [7, 11) is 0. The molecule has 0 bridgehead atoms. The first-order chi connectivity index (χ1) is 6.77. The van der Waals surface area contributed by atoms with Gasteiger partial charge in [0.25, 0.3) is 0 Å². The average molecular weight is 209 g/mol. The van der Waals surface area contributed by atoms with Gasteiger partial charge in [0.15, 0.2) is 0 Å². The number of primary amides is 1. The highest BCUT2D eigenvalue weighted by molar-refractivity contribution is 5.76. The number of nitrogens with two attached hydrogens (primary N) is 1. The molecular formula is C13H23NO. The van der Waals surface area contributed by atoms with Crippen molar-refractivity contribution in [3.8, 4) is 0 Å². The van der Waals surface area contributed by atoms with Gasteiger partial charge in [-0.25, -0.2) is 0 Å². The lowest BCUT2D eigenvalue weighted by Gasteiger charge is -2.18. The smallest absolute Gasteiger partial charge is 0.221 e. The van der Waals surface area contributed by atoms with E-state index in [0.717, 1.165) is 12.0 Å². The summed E-state index contributed by atoms with van der Waals surface area (Å²) < 4.78 is 0. The summed E-state index contributed by atoms with van der Waals surface area (Å²) in [6, 6.07) is 0. The van der Waals surface area contributed by atoms with Crippen LogP contribution in [-0.4, -0.2) is 5.91 Å². The Balaban J connectivity index is 4.65. The molecule has 0 rings (SSSR count). The molecule has 0 saturated carbocycles. The highest BCUT2D eigenvalue weighted by Gasteiger charge is 2.11. The first-order valence-electron chi connectivity index (χ1n) is 5.42. The van der Waals surface area contributed by atoms with E-state index in [-0.39, 0.29) is 11.3 Å². The second-order valence-corrected chi connectivity index (χ2v) is 4.92. The van der Waals surface area contributed by atoms with Crippen molar-refractivity contribution in [2.45, 2.75) is 47.5 Å². The summed E-state index contributed by atoms with van der Waals surface area (Å²) in [6.07, 6.45) is 5.34. The quantitative estimate of drug-likeness (QED) is 0.710. The monoisotopic (exact) mass is 209 g/mol. The number of hydrogen-bond donors (Lipinski definition) is 1. The molecular weight excluding hydrogens is 186 g/mol. The first-order valence-corrected chi connectivity index (χ1v) is 5.42. The Kier molecular flexibility index (Phi) is 5.34. The molecule has 0 aliphatic heterocycles. The van der Waals surface area contributed by atoms with Gasteiger partial charge in [0, 0.05) is 6.42 Å². The third-order valence-corrected chi connectivity index (χ3v) is 2.61. The molecule has 0 aromatic heterocycles. The van der Waals surface area contributed by atoms with E-state index in [1.54, 1.807) is 0 Å². The molecule has 0 aromatic rings. The molecule has 0 aromatic carbocycles. The van der Waals surface area contributed by atoms with Gasteiger partial charge < -0.3 is 5.73 Å². The molecule has 2 N–H and O–H groups in total. The molecule has 2 heteroatoms. The zero-order chi connectivity index (χ0) is 12.1. The van der Waals surface area contributed by atoms with Gasteiger partial charge >= 0.3 is 0 Å². The van der Waals surface area contributed by atoms with Gasteiger partial charge in [-0.15, -0.1) is 0 Å². The third-order valence-electron chi connectivity index (χ3n) is 2.61. The van der Waals surface area contributed by atoms with Gasteiger partial charge in [-0.3, -0.25) is 4.79 Å². The average Bonchev–Trinajstić information content (AvgIpc) is 2.09. The van der Waals surface area contributed by atoms with Gasteiger partial charge in [-0.05, 0) is 18.8 Å². The van der Waals surface area contributed by atoms with Crippen LogP contribution in [0.25, 0.3) is 0 Å². The van der Waals surface area contributed by atoms with Crippen molar-refractivity contribution in [2.24, 2.45) is 11.1 Å². The molecule has 86 valence electrons. The lowest BCUT2D eigenvalue weighted by molar-refractivity contribution is -0.117. The second kappa shape index (κ2) is 5.74. The minimum atomic E-state index is -0.259. The minimum absolute atomic E-state index is 0.183. The van der Waals surface area contributed by atoms with E-state index in [2.05, 4.69) is 33.8 Å². The molecule has 0 saturated heterocycles. The lowest BCUT2D eigenvalue weighted by atomic mass is 9.87. The van der Waals surface area contributed by atoms with Crippen LogP contribution in [0, 0.1) is 5.41 Å². The van der Waals surface area contributed by atoms with E-state index in [4.69, 9.17) is 5.73 Å². The summed E-state index contributed by atoms with van der Waals surface area (Å²) in [4.78, 5) is 10.8. The number of amides is 1. The van der Waals surface area contributed by atoms with E-state index >= 15 is 0 Å². The molecule has 0 aliphatic carbocycles. The van der Waals surface area contributed by atoms with Crippen molar-refractivity contribution >= 4 is 5.91 Å². The maximum absolute atomic E-state index is 10.8. The van der Waals surface area contributed by atoms with Crippen molar-refractivity contribution in [2.75, 3.05) is 0 Å². The standard InChI is InChI=1S/C13H23NO/c1-6-11(9-12(14)15)8-7-10(2)13(3,4)5/h7-8H,6,9H2,1-5H3,(H2,14,15)/b10-7+,11-8+. The van der Waals surface area contributed by atoms with Gasteiger partial charge in [-0.2, -0.15) is 0 Å². The SMILES string of the molecule is CC/C(=C\C=C(/C)C(C)(C)C)CC(N)=O. The van der Waals surface area contributed by atoms with Crippen molar-refractivity contribution < 1.29 is 4.79 Å². The lowest BCUT2D eigenvalue weighted by Crippen LogP contribution is -2.11. The fraction of sp³-hybridized carbons (Fsp3) is 0.615. The molecule has 0 fully saturated rings. The van der Waals surface area contributed by atoms with Gasteiger partial charge in [0.05, 0.1) is 0 Å². The Morgan fingerprint density at radius 2 is 1.80 bits per heavy atom. The Morgan fingerprint density at radius 3 is 2.13 bits per heavy atom. The molecule has 0 radical (unpaired) electrons. The number of carbonyl (C=O) groups is 1. The van der Waals surface area contributed by atoms with E-state index < -0.39 is 0 Å². The van der Waals surface area contributed by atoms with Crippen molar-refractivity contribution in [3.05, 3.63) is 23.3 Å². The zero-order valence-corrected chi connectivity index (χ0v) is 10.6. The van der Waals surface area contributed by atoms with E-state index in [0.29, 0.717) is 6.42 Å². The van der Waals surface area contributed by atoms with E-state index in [1.807, 2.05) is 13.0 Å². The summed E-state index contributed by atoms with van der Waals surface area (Å²) in [5.41, 5.74) is 7.74. The highest BCUT2D eigenvalue weighted by atomic mass is 16.1. The summed E-state index contributed by atoms with van der Waals surface area (Å²) >= 11 is 0. The maximum Gasteiger partial charge on any atom is 0.221 e. The van der Waals surface area contributed by atoms with Crippen LogP contribution in [0.2, 0.25) is 0 Å². The van der Waals surface area contributed by atoms with Crippen molar-refractivity contribution in [1.82, 2.24) is 0 Å². The molecule has 0 atom stereocenters. The number of carbonyl (C=O) groups excluding carboxylic acids is 1. The van der Waals surface area contributed by atoms with Crippen LogP contribution in [-0.2, 0) is 4.79 Å². The molecule has 15 heavy (non-hydrogen) atoms. The Hall–Kier alpha value is -1.05. The van der Waals surface area contributed by atoms with Gasteiger partial charge in [0.2, 0.25) is 5.91 Å². The fourth-order valence-corrected chi connectivity index (χ4v) is 1.02. The summed E-state index contributed by atoms with van der Waals surface area (Å²) in [6.45, 7) is 10.7. The van der Waals surface area contributed by atoms with Crippen molar-refractivity contribution in [3.63, 3.8) is 0 Å². The van der Waals surface area contributed by atoms with Crippen LogP contribution in [0.3, 0.4) is 0 Å². The molecule has 1 amide bonds. The first kappa shape index (κ1) is 13.9. The van der Waals surface area contributed by atoms with E-state index in [9.17, 15) is 4.79 Å². The Labute approximate surface area is 93.2 Å². The number of rotatable bonds is 4. The Morgan fingerprint density at radius 1 is 1.27 bits per heavy atom. The van der Waals surface area contributed by atoms with Crippen LogP contribution in [0.4, 0.5) is 0 Å². The normalized spacial score (nSPS) is 14.2. The van der Waals surface area contributed by atoms with Crippen LogP contribution in [0.1, 0.15) is 47.5 Å². The molecule has 0 aliphatic rings. The van der Waals surface area contributed by atoms with Crippen LogP contribution < -0.4 is 5.73 Å². The van der Waals surface area contributed by atoms with Crippen molar-refractivity contribution in [1.29, 1.82) is 0 Å². The molecule has 0 spiro atoms. The Bertz CT molecular complexity index is 279. The predicted octanol–water partition coefficient (Wildman–Crippen LogP) is 3.19. The topological polar surface area (TPSA) is 43.1 Å². The van der Waals surface area contributed by atoms with Gasteiger partial charge in [0.1, 0.15) is 0 Å². The maximum atomic E-state index is 10.8. The number of allylic oxidation sites excluding steroid dienone is 3. The zero-order valence-electron chi connectivity index (χ0n) is 10.6. The predicted molar refractivity (Wildman–Crippen MR) is 65.4 cm³/mol. The third kappa shape index (κ3) is 6.10. The number of hydrogen-bond acceptors (Lipinski definition) is 1.